The van der Waals surface area contributed by atoms with Gasteiger partial charge in [-0.05, 0) is 72.9 Å². The van der Waals surface area contributed by atoms with Gasteiger partial charge >= 0.3 is 0 Å². The Morgan fingerprint density at radius 3 is 2.29 bits per heavy atom. The van der Waals surface area contributed by atoms with Gasteiger partial charge in [0.15, 0.2) is 0 Å². The van der Waals surface area contributed by atoms with Crippen LogP contribution in [0, 0.1) is 16.7 Å². The van der Waals surface area contributed by atoms with Gasteiger partial charge in [0.1, 0.15) is 11.9 Å². The van der Waals surface area contributed by atoms with Crippen LogP contribution in [-0.2, 0) is 11.8 Å². The monoisotopic (exact) mass is 505 g/mol. The molecule has 0 bridgehead atoms. The molecule has 0 spiro atoms. The first-order valence-electron chi connectivity index (χ1n) is 13.2. The third-order valence-electron chi connectivity index (χ3n) is 7.23. The predicted octanol–water partition coefficient (Wildman–Crippen LogP) is 7.94. The summed E-state index contributed by atoms with van der Waals surface area (Å²) in [6.07, 6.45) is 4.36. The second kappa shape index (κ2) is 9.76. The van der Waals surface area contributed by atoms with Gasteiger partial charge in [0.2, 0.25) is 0 Å². The summed E-state index contributed by atoms with van der Waals surface area (Å²) in [4.78, 5) is 8.79. The minimum absolute atomic E-state index is 0.00171. The van der Waals surface area contributed by atoms with Crippen LogP contribution in [0.1, 0.15) is 89.8 Å². The van der Waals surface area contributed by atoms with Gasteiger partial charge in [-0.25, -0.2) is 9.98 Å². The highest BCUT2D eigenvalue weighted by Crippen LogP contribution is 2.42. The number of hydrogen-bond acceptors (Lipinski definition) is 2. The Hall–Kier alpha value is -3.91. The number of hydrogen-bond donors (Lipinski definition) is 1. The Labute approximate surface area is 227 Å². The van der Waals surface area contributed by atoms with E-state index in [2.05, 4.69) is 93.0 Å². The van der Waals surface area contributed by atoms with Crippen LogP contribution in [0.4, 0.5) is 0 Å². The molecule has 0 saturated carbocycles. The largest absolute Gasteiger partial charge is 0.387 e. The van der Waals surface area contributed by atoms with E-state index in [-0.39, 0.29) is 10.8 Å². The van der Waals surface area contributed by atoms with Crippen LogP contribution in [0.25, 0.3) is 28.4 Å². The van der Waals surface area contributed by atoms with E-state index in [0.717, 1.165) is 35.3 Å². The lowest BCUT2D eigenvalue weighted by molar-refractivity contribution is 0.484. The smallest absolute Gasteiger partial charge is 0.127 e. The van der Waals surface area contributed by atoms with E-state index in [4.69, 9.17) is 5.73 Å². The fraction of sp³-hybridized carbons (Fsp3) is 0.364. The van der Waals surface area contributed by atoms with Crippen LogP contribution in [0.3, 0.4) is 0 Å². The number of nitrogens with zero attached hydrogens (tertiary/aromatic N) is 4. The molecular weight excluding hydrogens is 466 g/mol. The first kappa shape index (κ1) is 27.1. The number of fused-ring (bicyclic) bond motifs is 3. The van der Waals surface area contributed by atoms with Crippen LogP contribution in [-0.4, -0.2) is 16.2 Å². The lowest BCUT2D eigenvalue weighted by atomic mass is 9.79. The summed E-state index contributed by atoms with van der Waals surface area (Å²) in [7, 11) is 0. The maximum absolute atomic E-state index is 10.2. The first-order chi connectivity index (χ1) is 17.7. The van der Waals surface area contributed by atoms with Crippen molar-refractivity contribution in [3.8, 4) is 11.8 Å². The Morgan fingerprint density at radius 1 is 0.974 bits per heavy atom. The summed E-state index contributed by atoms with van der Waals surface area (Å²) in [6, 6.07) is 15.0. The quantitative estimate of drug-likeness (QED) is 0.289. The van der Waals surface area contributed by atoms with Gasteiger partial charge in [0.05, 0.1) is 34.0 Å². The molecule has 4 rings (SSSR count). The Morgan fingerprint density at radius 2 is 1.68 bits per heavy atom. The number of aromatic nitrogens is 1. The number of allylic oxidation sites excluding steroid dienone is 1. The molecule has 1 aromatic heterocycles. The van der Waals surface area contributed by atoms with Gasteiger partial charge in [0, 0.05) is 10.9 Å². The molecule has 0 saturated heterocycles. The molecule has 5 heteroatoms. The van der Waals surface area contributed by atoms with Crippen LogP contribution >= 0.6 is 0 Å². The van der Waals surface area contributed by atoms with E-state index in [1.807, 2.05) is 18.2 Å². The van der Waals surface area contributed by atoms with Gasteiger partial charge in [0.25, 0.3) is 0 Å². The van der Waals surface area contributed by atoms with Crippen LogP contribution in [0.15, 0.2) is 58.5 Å². The third-order valence-corrected chi connectivity index (χ3v) is 7.23. The summed E-state index contributed by atoms with van der Waals surface area (Å²) in [5, 5.41) is 11.4. The minimum atomic E-state index is -0.00171. The number of rotatable bonds is 3. The number of nitrogens with two attached hydrogens (primary N) is 1. The van der Waals surface area contributed by atoms with Crippen molar-refractivity contribution in [2.45, 2.75) is 73.6 Å². The minimum Gasteiger partial charge on any atom is -0.387 e. The Balaban J connectivity index is 2.04. The highest BCUT2D eigenvalue weighted by atomic mass is 15.0. The van der Waals surface area contributed by atoms with Gasteiger partial charge in [-0.3, -0.25) is 0 Å². The SMILES string of the molecule is C=C(N=C(C)N=C(C)N)c1ccc(C#N)c(-n2c3c(c4ccc(C(C)(C)C)cc42)CCC(C(C)(C)C)=C3)c1. The molecule has 0 amide bonds. The van der Waals surface area contributed by atoms with E-state index >= 15 is 0 Å². The molecule has 5 nitrogen and oxygen atoms in total. The average Bonchev–Trinajstić information content (AvgIpc) is 3.14. The number of benzene rings is 2. The predicted molar refractivity (Wildman–Crippen MR) is 162 cm³/mol. The summed E-state index contributed by atoms with van der Waals surface area (Å²) in [6.45, 7) is 21.2. The topological polar surface area (TPSA) is 79.5 Å². The first-order valence-corrected chi connectivity index (χ1v) is 13.2. The molecule has 0 atom stereocenters. The molecule has 0 fully saturated rings. The van der Waals surface area contributed by atoms with Gasteiger partial charge in [-0.15, -0.1) is 0 Å². The second-order valence-corrected chi connectivity index (χ2v) is 12.3. The molecule has 2 N–H and O–H groups in total. The molecule has 196 valence electrons. The summed E-state index contributed by atoms with van der Waals surface area (Å²) < 4.78 is 2.28. The average molecular weight is 506 g/mol. The molecule has 1 aliphatic rings. The fourth-order valence-corrected chi connectivity index (χ4v) is 5.13. The fourth-order valence-electron chi connectivity index (χ4n) is 5.13. The van der Waals surface area contributed by atoms with Crippen molar-refractivity contribution < 1.29 is 0 Å². The van der Waals surface area contributed by atoms with Gasteiger partial charge in [-0.2, -0.15) is 5.26 Å². The van der Waals surface area contributed by atoms with Gasteiger partial charge in [-0.1, -0.05) is 71.9 Å². The summed E-state index contributed by atoms with van der Waals surface area (Å²) in [5.41, 5.74) is 14.9. The van der Waals surface area contributed by atoms with Crippen molar-refractivity contribution >= 4 is 34.3 Å². The number of nitriles is 1. The lowest BCUT2D eigenvalue weighted by Crippen LogP contribution is -2.14. The molecule has 0 radical (unpaired) electrons. The van der Waals surface area contributed by atoms with Crippen LogP contribution in [0.2, 0.25) is 0 Å². The maximum Gasteiger partial charge on any atom is 0.127 e. The zero-order valence-corrected chi connectivity index (χ0v) is 24.0. The maximum atomic E-state index is 10.2. The molecule has 0 aliphatic heterocycles. The van der Waals surface area contributed by atoms with Crippen LogP contribution in [0.5, 0.6) is 0 Å². The lowest BCUT2D eigenvalue weighted by Gasteiger charge is -2.27. The van der Waals surface area contributed by atoms with Crippen LogP contribution < -0.4 is 5.73 Å². The highest BCUT2D eigenvalue weighted by molar-refractivity contribution is 5.96. The highest BCUT2D eigenvalue weighted by Gasteiger charge is 2.27. The molecule has 2 aromatic carbocycles. The molecule has 1 aliphatic carbocycles. The normalized spacial score (nSPS) is 14.8. The second-order valence-electron chi connectivity index (χ2n) is 12.3. The standard InChI is InChI=1S/C33H39N5/c1-20(36-22(3)37-21(2)35)23-10-11-24(19-34)29(16-23)38-30-17-25(32(4,5)6)12-14-27(30)28-15-13-26(18-31(28)38)33(7,8)9/h10-12,14,16-18H,1,13,15H2,2-9H3,(H2,35,36,37). The van der Waals surface area contributed by atoms with Crippen molar-refractivity contribution in [1.29, 1.82) is 5.26 Å². The Bertz CT molecular complexity index is 1570. The summed E-state index contributed by atoms with van der Waals surface area (Å²) in [5.74, 6) is 0.985. The van der Waals surface area contributed by atoms with Crippen molar-refractivity contribution in [3.05, 3.63) is 76.5 Å². The number of aliphatic imine (C=N–C) groups is 2. The van der Waals surface area contributed by atoms with Crippen molar-refractivity contribution in [3.63, 3.8) is 0 Å². The van der Waals surface area contributed by atoms with Crippen molar-refractivity contribution in [2.75, 3.05) is 0 Å². The summed E-state index contributed by atoms with van der Waals surface area (Å²) >= 11 is 0. The van der Waals surface area contributed by atoms with E-state index < -0.39 is 0 Å². The van der Waals surface area contributed by atoms with Crippen molar-refractivity contribution in [1.82, 2.24) is 4.57 Å². The Kier molecular flexibility index (Phi) is 6.97. The molecule has 3 aromatic rings. The van der Waals surface area contributed by atoms with E-state index in [9.17, 15) is 5.26 Å². The zero-order chi connectivity index (χ0) is 28.0. The molecule has 38 heavy (non-hydrogen) atoms. The molecular formula is C33H39N5. The van der Waals surface area contributed by atoms with E-state index in [1.54, 1.807) is 13.8 Å². The number of amidine groups is 2. The third kappa shape index (κ3) is 5.22. The van der Waals surface area contributed by atoms with E-state index in [0.29, 0.717) is 22.9 Å². The van der Waals surface area contributed by atoms with Gasteiger partial charge < -0.3 is 10.3 Å². The molecule has 0 unspecified atom stereocenters. The number of aryl methyl sites for hydroxylation is 1. The molecule has 1 heterocycles. The van der Waals surface area contributed by atoms with E-state index in [1.165, 1.54) is 22.1 Å². The zero-order valence-electron chi connectivity index (χ0n) is 24.0. The van der Waals surface area contributed by atoms with Crippen molar-refractivity contribution in [2.24, 2.45) is 21.1 Å².